The summed E-state index contributed by atoms with van der Waals surface area (Å²) in [6, 6.07) is 16.6. The fraction of sp³-hybridized carbons (Fsp3) is 0.318. The van der Waals surface area contributed by atoms with E-state index in [2.05, 4.69) is 5.32 Å². The molecule has 29 heavy (non-hydrogen) atoms. The maximum atomic E-state index is 12.6. The summed E-state index contributed by atoms with van der Waals surface area (Å²) in [6.07, 6.45) is 0. The van der Waals surface area contributed by atoms with Gasteiger partial charge in [0.1, 0.15) is 12.6 Å². The fourth-order valence-corrected chi connectivity index (χ4v) is 4.83. The first-order chi connectivity index (χ1) is 14.0. The van der Waals surface area contributed by atoms with Crippen LogP contribution in [0, 0.1) is 0 Å². The Morgan fingerprint density at radius 3 is 2.59 bits per heavy atom. The highest BCUT2D eigenvalue weighted by molar-refractivity contribution is 7.99. The van der Waals surface area contributed by atoms with E-state index in [9.17, 15) is 14.4 Å². The van der Waals surface area contributed by atoms with E-state index < -0.39 is 0 Å². The monoisotopic (exact) mass is 409 g/mol. The highest BCUT2D eigenvalue weighted by Gasteiger charge is 2.42. The van der Waals surface area contributed by atoms with E-state index in [1.165, 1.54) is 0 Å². The summed E-state index contributed by atoms with van der Waals surface area (Å²) < 4.78 is 0. The number of fused-ring (bicyclic) bond motifs is 1. The number of carbonyl (C=O) groups excluding carboxylic acids is 3. The number of amides is 3. The molecule has 2 aliphatic heterocycles. The molecule has 0 unspecified atom stereocenters. The second-order valence-electron chi connectivity index (χ2n) is 7.38. The van der Waals surface area contributed by atoms with Crippen LogP contribution in [-0.4, -0.2) is 51.7 Å². The van der Waals surface area contributed by atoms with Crippen LogP contribution in [0.3, 0.4) is 0 Å². The molecule has 0 radical (unpaired) electrons. The van der Waals surface area contributed by atoms with Crippen molar-refractivity contribution >= 4 is 29.5 Å². The van der Waals surface area contributed by atoms with E-state index in [-0.39, 0.29) is 36.3 Å². The van der Waals surface area contributed by atoms with Gasteiger partial charge < -0.3 is 15.1 Å². The third-order valence-electron chi connectivity index (χ3n) is 5.36. The Kier molecular flexibility index (Phi) is 5.58. The van der Waals surface area contributed by atoms with Crippen LogP contribution >= 0.6 is 11.8 Å². The van der Waals surface area contributed by atoms with Gasteiger partial charge in [-0.1, -0.05) is 42.5 Å². The second-order valence-corrected chi connectivity index (χ2v) is 8.38. The molecule has 2 atom stereocenters. The van der Waals surface area contributed by atoms with Crippen molar-refractivity contribution in [1.82, 2.24) is 15.1 Å². The van der Waals surface area contributed by atoms with Crippen LogP contribution in [0.25, 0.3) is 0 Å². The van der Waals surface area contributed by atoms with Crippen LogP contribution in [0.5, 0.6) is 0 Å². The number of nitrogens with zero attached hydrogens (tertiary/aromatic N) is 2. The minimum Gasteiger partial charge on any atom is -0.346 e. The molecule has 0 saturated carbocycles. The van der Waals surface area contributed by atoms with Gasteiger partial charge in [-0.2, -0.15) is 0 Å². The molecule has 150 valence electrons. The Morgan fingerprint density at radius 2 is 1.86 bits per heavy atom. The summed E-state index contributed by atoms with van der Waals surface area (Å²) >= 11 is 1.62. The molecule has 0 aliphatic carbocycles. The summed E-state index contributed by atoms with van der Waals surface area (Å²) in [7, 11) is 0. The van der Waals surface area contributed by atoms with Gasteiger partial charge in [0.25, 0.3) is 5.91 Å². The van der Waals surface area contributed by atoms with Crippen molar-refractivity contribution in [3.05, 3.63) is 71.3 Å². The molecule has 3 amide bonds. The lowest BCUT2D eigenvalue weighted by molar-refractivity contribution is -0.153. The predicted octanol–water partition coefficient (Wildman–Crippen LogP) is 2.42. The SMILES string of the molecule is C[C@H](NC(=O)c1ccc(CN2CC(=O)N3CSC[C@@H]3C2=O)cc1)c1ccccc1. The number of hydrogen-bond acceptors (Lipinski definition) is 4. The Morgan fingerprint density at radius 1 is 1.14 bits per heavy atom. The quantitative estimate of drug-likeness (QED) is 0.824. The number of thioether (sulfide) groups is 1. The number of rotatable bonds is 5. The van der Waals surface area contributed by atoms with Gasteiger partial charge in [0.15, 0.2) is 0 Å². The molecule has 2 saturated heterocycles. The first-order valence-electron chi connectivity index (χ1n) is 9.63. The molecule has 0 aromatic heterocycles. The van der Waals surface area contributed by atoms with Gasteiger partial charge in [-0.05, 0) is 30.2 Å². The first kappa shape index (κ1) is 19.5. The predicted molar refractivity (Wildman–Crippen MR) is 112 cm³/mol. The van der Waals surface area contributed by atoms with E-state index in [1.807, 2.05) is 49.4 Å². The zero-order valence-corrected chi connectivity index (χ0v) is 17.0. The Balaban J connectivity index is 1.38. The van der Waals surface area contributed by atoms with Crippen molar-refractivity contribution in [2.75, 3.05) is 18.2 Å². The highest BCUT2D eigenvalue weighted by atomic mass is 32.2. The Hall–Kier alpha value is -2.80. The molecule has 2 aromatic rings. The smallest absolute Gasteiger partial charge is 0.251 e. The third kappa shape index (κ3) is 4.15. The third-order valence-corrected chi connectivity index (χ3v) is 6.37. The van der Waals surface area contributed by atoms with Crippen molar-refractivity contribution in [2.45, 2.75) is 25.6 Å². The van der Waals surface area contributed by atoms with Crippen molar-refractivity contribution in [1.29, 1.82) is 0 Å². The van der Waals surface area contributed by atoms with Gasteiger partial charge in [-0.15, -0.1) is 11.8 Å². The van der Waals surface area contributed by atoms with Gasteiger partial charge in [0, 0.05) is 17.9 Å². The summed E-state index contributed by atoms with van der Waals surface area (Å²) in [5.41, 5.74) is 2.51. The molecule has 4 rings (SSSR count). The Labute approximate surface area is 174 Å². The fourth-order valence-electron chi connectivity index (χ4n) is 3.66. The van der Waals surface area contributed by atoms with E-state index >= 15 is 0 Å². The summed E-state index contributed by atoms with van der Waals surface area (Å²) in [4.78, 5) is 40.7. The van der Waals surface area contributed by atoms with E-state index in [0.29, 0.717) is 23.7 Å². The largest absolute Gasteiger partial charge is 0.346 e. The molecule has 2 heterocycles. The van der Waals surface area contributed by atoms with Crippen LogP contribution in [0.4, 0.5) is 0 Å². The van der Waals surface area contributed by atoms with Gasteiger partial charge in [0.2, 0.25) is 11.8 Å². The van der Waals surface area contributed by atoms with Crippen molar-refractivity contribution in [3.63, 3.8) is 0 Å². The van der Waals surface area contributed by atoms with Gasteiger partial charge >= 0.3 is 0 Å². The van der Waals surface area contributed by atoms with E-state index in [4.69, 9.17) is 0 Å². The summed E-state index contributed by atoms with van der Waals surface area (Å²) in [5.74, 6) is 1.14. The van der Waals surface area contributed by atoms with Gasteiger partial charge in [-0.25, -0.2) is 0 Å². The maximum Gasteiger partial charge on any atom is 0.251 e. The molecule has 2 fully saturated rings. The maximum absolute atomic E-state index is 12.6. The lowest BCUT2D eigenvalue weighted by atomic mass is 10.1. The minimum atomic E-state index is -0.328. The summed E-state index contributed by atoms with van der Waals surface area (Å²) in [6.45, 7) is 2.44. The van der Waals surface area contributed by atoms with Gasteiger partial charge in [-0.3, -0.25) is 14.4 Å². The van der Waals surface area contributed by atoms with E-state index in [1.54, 1.807) is 33.7 Å². The molecule has 2 aliphatic rings. The zero-order chi connectivity index (χ0) is 20.4. The molecule has 1 N–H and O–H groups in total. The average Bonchev–Trinajstić information content (AvgIpc) is 3.24. The molecule has 0 bridgehead atoms. The number of benzene rings is 2. The van der Waals surface area contributed by atoms with Crippen LogP contribution in [0.2, 0.25) is 0 Å². The highest BCUT2D eigenvalue weighted by Crippen LogP contribution is 2.26. The Bertz CT molecular complexity index is 917. The van der Waals surface area contributed by atoms with Crippen LogP contribution in [0.15, 0.2) is 54.6 Å². The average molecular weight is 410 g/mol. The number of nitrogens with one attached hydrogen (secondary N) is 1. The normalized spacial score (nSPS) is 19.8. The lowest BCUT2D eigenvalue weighted by Crippen LogP contribution is -2.57. The van der Waals surface area contributed by atoms with Gasteiger partial charge in [0.05, 0.1) is 11.9 Å². The standard InChI is InChI=1S/C22H23N3O3S/c1-15(17-5-3-2-4-6-17)23-21(27)18-9-7-16(8-10-18)11-24-12-20(26)25-14-29-13-19(25)22(24)28/h2-10,15,19H,11-14H2,1H3,(H,23,27)/t15-,19+/m0/s1. The van der Waals surface area contributed by atoms with Crippen molar-refractivity contribution in [2.24, 2.45) is 0 Å². The number of piperazine rings is 1. The number of hydrogen-bond donors (Lipinski definition) is 1. The molecular formula is C22H23N3O3S. The number of carbonyl (C=O) groups is 3. The van der Waals surface area contributed by atoms with Crippen LogP contribution in [0.1, 0.15) is 34.5 Å². The summed E-state index contributed by atoms with van der Waals surface area (Å²) in [5, 5.41) is 3.00. The second kappa shape index (κ2) is 8.29. The molecule has 6 nitrogen and oxygen atoms in total. The lowest BCUT2D eigenvalue weighted by Gasteiger charge is -2.35. The van der Waals surface area contributed by atoms with Crippen LogP contribution in [-0.2, 0) is 16.1 Å². The van der Waals surface area contributed by atoms with Crippen molar-refractivity contribution in [3.8, 4) is 0 Å². The molecular weight excluding hydrogens is 386 g/mol. The first-order valence-corrected chi connectivity index (χ1v) is 10.8. The molecule has 2 aromatic carbocycles. The minimum absolute atomic E-state index is 0.00509. The van der Waals surface area contributed by atoms with Crippen molar-refractivity contribution < 1.29 is 14.4 Å². The van der Waals surface area contributed by atoms with Crippen LogP contribution < -0.4 is 5.32 Å². The molecule has 0 spiro atoms. The zero-order valence-electron chi connectivity index (χ0n) is 16.2. The topological polar surface area (TPSA) is 69.7 Å². The molecule has 7 heteroatoms. The van der Waals surface area contributed by atoms with E-state index in [0.717, 1.165) is 11.1 Å².